The largest absolute Gasteiger partial charge is 0.369 e. The summed E-state index contributed by atoms with van der Waals surface area (Å²) < 4.78 is 0. The number of benzene rings is 1. The number of unbranched alkanes of at least 4 members (excludes halogenated alkanes) is 2. The zero-order valence-electron chi connectivity index (χ0n) is 13.0. The summed E-state index contributed by atoms with van der Waals surface area (Å²) >= 11 is 0. The Morgan fingerprint density at radius 1 is 1.11 bits per heavy atom. The van der Waals surface area contributed by atoms with Crippen molar-refractivity contribution in [3.8, 4) is 0 Å². The van der Waals surface area contributed by atoms with Gasteiger partial charge in [-0.05, 0) is 38.3 Å². The van der Waals surface area contributed by atoms with Gasteiger partial charge >= 0.3 is 0 Å². The van der Waals surface area contributed by atoms with E-state index in [1.807, 2.05) is 0 Å². The molecule has 0 saturated carbocycles. The molecule has 0 aromatic heterocycles. The van der Waals surface area contributed by atoms with E-state index in [0.29, 0.717) is 6.04 Å². The first-order chi connectivity index (χ1) is 9.11. The predicted octanol–water partition coefficient (Wildman–Crippen LogP) is 4.50. The van der Waals surface area contributed by atoms with Crippen LogP contribution in [-0.4, -0.2) is 12.6 Å². The van der Waals surface area contributed by atoms with Gasteiger partial charge in [-0.1, -0.05) is 44.9 Å². The van der Waals surface area contributed by atoms with Gasteiger partial charge in [-0.15, -0.1) is 0 Å². The van der Waals surface area contributed by atoms with Crippen LogP contribution in [0.3, 0.4) is 0 Å². The summed E-state index contributed by atoms with van der Waals surface area (Å²) in [6, 6.07) is 9.27. The average molecular weight is 262 g/mol. The third kappa shape index (κ3) is 4.54. The second-order valence-electron chi connectivity index (χ2n) is 5.57. The molecule has 2 heteroatoms. The van der Waals surface area contributed by atoms with Crippen LogP contribution in [0.2, 0.25) is 0 Å². The molecular weight excluding hydrogens is 232 g/mol. The summed E-state index contributed by atoms with van der Waals surface area (Å²) in [4.78, 5) is 2.50. The maximum atomic E-state index is 6.26. The molecule has 19 heavy (non-hydrogen) atoms. The van der Waals surface area contributed by atoms with Crippen molar-refractivity contribution in [2.75, 3.05) is 11.4 Å². The van der Waals surface area contributed by atoms with Crippen molar-refractivity contribution in [3.05, 3.63) is 29.8 Å². The van der Waals surface area contributed by atoms with Crippen LogP contribution < -0.4 is 10.6 Å². The highest BCUT2D eigenvalue weighted by molar-refractivity contribution is 5.55. The third-order valence-electron chi connectivity index (χ3n) is 3.71. The second-order valence-corrected chi connectivity index (χ2v) is 5.57. The first-order valence-corrected chi connectivity index (χ1v) is 7.72. The monoisotopic (exact) mass is 262 g/mol. The summed E-state index contributed by atoms with van der Waals surface area (Å²) in [6.45, 7) is 10.1. The first kappa shape index (κ1) is 16.0. The highest BCUT2D eigenvalue weighted by Crippen LogP contribution is 2.28. The number of nitrogens with two attached hydrogens (primary N) is 1. The van der Waals surface area contributed by atoms with Crippen molar-refractivity contribution in [3.63, 3.8) is 0 Å². The van der Waals surface area contributed by atoms with E-state index in [-0.39, 0.29) is 6.04 Å². The van der Waals surface area contributed by atoms with Gasteiger partial charge < -0.3 is 10.6 Å². The maximum Gasteiger partial charge on any atom is 0.0416 e. The van der Waals surface area contributed by atoms with Gasteiger partial charge in [0.15, 0.2) is 0 Å². The minimum Gasteiger partial charge on any atom is -0.369 e. The van der Waals surface area contributed by atoms with Crippen LogP contribution in [0.15, 0.2) is 24.3 Å². The van der Waals surface area contributed by atoms with Crippen molar-refractivity contribution in [2.24, 2.45) is 5.73 Å². The molecular formula is C17H30N2. The molecule has 1 aromatic rings. The summed E-state index contributed by atoms with van der Waals surface area (Å²) in [5.74, 6) is 0. The van der Waals surface area contributed by atoms with Crippen LogP contribution in [0, 0.1) is 0 Å². The molecule has 108 valence electrons. The second kappa shape index (κ2) is 8.21. The molecule has 0 aliphatic heterocycles. The quantitative estimate of drug-likeness (QED) is 0.699. The van der Waals surface area contributed by atoms with E-state index in [0.717, 1.165) is 13.0 Å². The number of hydrogen-bond acceptors (Lipinski definition) is 2. The van der Waals surface area contributed by atoms with E-state index >= 15 is 0 Å². The van der Waals surface area contributed by atoms with Crippen LogP contribution in [0.25, 0.3) is 0 Å². The van der Waals surface area contributed by atoms with Crippen LogP contribution in [-0.2, 0) is 0 Å². The molecule has 0 aliphatic rings. The van der Waals surface area contributed by atoms with Gasteiger partial charge in [-0.25, -0.2) is 0 Å². The summed E-state index contributed by atoms with van der Waals surface area (Å²) in [7, 11) is 0. The van der Waals surface area contributed by atoms with E-state index in [2.05, 4.69) is 56.9 Å². The third-order valence-corrected chi connectivity index (χ3v) is 3.71. The Bertz CT molecular complexity index is 360. The molecule has 0 unspecified atom stereocenters. The fourth-order valence-electron chi connectivity index (χ4n) is 2.47. The predicted molar refractivity (Wildman–Crippen MR) is 85.7 cm³/mol. The molecule has 2 nitrogen and oxygen atoms in total. The Kier molecular flexibility index (Phi) is 6.93. The summed E-state index contributed by atoms with van der Waals surface area (Å²) in [5, 5.41) is 0. The summed E-state index contributed by atoms with van der Waals surface area (Å²) in [5.41, 5.74) is 8.87. The molecule has 0 aliphatic carbocycles. The molecule has 0 heterocycles. The Hall–Kier alpha value is -1.02. The average Bonchev–Trinajstić information content (AvgIpc) is 2.42. The van der Waals surface area contributed by atoms with Crippen LogP contribution in [0.4, 0.5) is 5.69 Å². The molecule has 1 aromatic carbocycles. The van der Waals surface area contributed by atoms with E-state index in [1.54, 1.807) is 0 Å². The fraction of sp³-hybridized carbons (Fsp3) is 0.647. The minimum absolute atomic E-state index is 0.142. The maximum absolute atomic E-state index is 6.26. The standard InChI is InChI=1S/C17H30N2/c1-5-7-10-13-19(14(3)4)17-12-9-8-11-15(17)16(18)6-2/h8-9,11-12,14,16H,5-7,10,13,18H2,1-4H3/t16-/m1/s1. The molecule has 0 fully saturated rings. The minimum atomic E-state index is 0.142. The summed E-state index contributed by atoms with van der Waals surface area (Å²) in [6.07, 6.45) is 4.80. The van der Waals surface area contributed by atoms with Crippen LogP contribution in [0.1, 0.15) is 65.0 Å². The molecule has 0 saturated heterocycles. The van der Waals surface area contributed by atoms with Gasteiger partial charge in [0.25, 0.3) is 0 Å². The van der Waals surface area contributed by atoms with Crippen molar-refractivity contribution in [1.29, 1.82) is 0 Å². The van der Waals surface area contributed by atoms with E-state index in [4.69, 9.17) is 5.73 Å². The van der Waals surface area contributed by atoms with Crippen LogP contribution >= 0.6 is 0 Å². The molecule has 0 radical (unpaired) electrons. The normalized spacial score (nSPS) is 12.7. The molecule has 2 N–H and O–H groups in total. The Morgan fingerprint density at radius 3 is 2.37 bits per heavy atom. The molecule has 0 bridgehead atoms. The van der Waals surface area contributed by atoms with Gasteiger partial charge in [-0.3, -0.25) is 0 Å². The van der Waals surface area contributed by atoms with E-state index in [9.17, 15) is 0 Å². The molecule has 0 spiro atoms. The van der Waals surface area contributed by atoms with Crippen molar-refractivity contribution in [1.82, 2.24) is 0 Å². The number of para-hydroxylation sites is 1. The van der Waals surface area contributed by atoms with Gasteiger partial charge in [0.1, 0.15) is 0 Å². The molecule has 0 amide bonds. The number of nitrogens with zero attached hydrogens (tertiary/aromatic N) is 1. The Morgan fingerprint density at radius 2 is 1.79 bits per heavy atom. The van der Waals surface area contributed by atoms with Gasteiger partial charge in [0, 0.05) is 24.3 Å². The van der Waals surface area contributed by atoms with Crippen molar-refractivity contribution in [2.45, 2.75) is 65.5 Å². The lowest BCUT2D eigenvalue weighted by Gasteiger charge is -2.32. The Labute approximate surface area is 119 Å². The zero-order chi connectivity index (χ0) is 14.3. The van der Waals surface area contributed by atoms with E-state index < -0.39 is 0 Å². The number of anilines is 1. The van der Waals surface area contributed by atoms with Gasteiger partial charge in [0.05, 0.1) is 0 Å². The van der Waals surface area contributed by atoms with Gasteiger partial charge in [0.2, 0.25) is 0 Å². The SMILES string of the molecule is CCCCCN(c1ccccc1[C@H](N)CC)C(C)C. The number of hydrogen-bond donors (Lipinski definition) is 1. The lowest BCUT2D eigenvalue weighted by molar-refractivity contribution is 0.615. The number of rotatable bonds is 8. The van der Waals surface area contributed by atoms with Crippen LogP contribution in [0.5, 0.6) is 0 Å². The molecule has 1 rings (SSSR count). The topological polar surface area (TPSA) is 29.3 Å². The smallest absolute Gasteiger partial charge is 0.0416 e. The lowest BCUT2D eigenvalue weighted by atomic mass is 10.0. The van der Waals surface area contributed by atoms with Gasteiger partial charge in [-0.2, -0.15) is 0 Å². The van der Waals surface area contributed by atoms with Crippen molar-refractivity contribution >= 4 is 5.69 Å². The fourth-order valence-corrected chi connectivity index (χ4v) is 2.47. The first-order valence-electron chi connectivity index (χ1n) is 7.72. The van der Waals surface area contributed by atoms with Crippen molar-refractivity contribution < 1.29 is 0 Å². The highest BCUT2D eigenvalue weighted by Gasteiger charge is 2.16. The van der Waals surface area contributed by atoms with E-state index in [1.165, 1.54) is 30.5 Å². The molecule has 1 atom stereocenters. The highest BCUT2D eigenvalue weighted by atomic mass is 15.2. The lowest BCUT2D eigenvalue weighted by Crippen LogP contribution is -2.33. The Balaban J connectivity index is 2.95. The zero-order valence-corrected chi connectivity index (χ0v) is 13.0.